The van der Waals surface area contributed by atoms with Crippen molar-refractivity contribution >= 4 is 29.2 Å². The predicted octanol–water partition coefficient (Wildman–Crippen LogP) is -1.64. The van der Waals surface area contributed by atoms with E-state index < -0.39 is 5.97 Å². The van der Waals surface area contributed by atoms with Gasteiger partial charge in [0.1, 0.15) is 0 Å². The summed E-state index contributed by atoms with van der Waals surface area (Å²) in [6.07, 6.45) is 0. The molecular weight excluding hydrogens is 226 g/mol. The molecule has 1 aromatic rings. The van der Waals surface area contributed by atoms with Crippen molar-refractivity contribution in [3.8, 4) is 0 Å². The van der Waals surface area contributed by atoms with Gasteiger partial charge in [-0.25, -0.2) is 0 Å². The minimum Gasteiger partial charge on any atom is -0.545 e. The molecule has 2 nitrogen and oxygen atoms in total. The second-order valence-electron chi connectivity index (χ2n) is 1.92. The molecule has 0 aliphatic heterocycles. The van der Waals surface area contributed by atoms with E-state index in [-0.39, 0.29) is 62.0 Å². The number of hydrogen-bond acceptors (Lipinski definition) is 2. The van der Waals surface area contributed by atoms with Gasteiger partial charge in [0.2, 0.25) is 0 Å². The van der Waals surface area contributed by atoms with Crippen LogP contribution < -0.4 is 56.5 Å². The Hall–Kier alpha value is 0.906. The molecule has 1 rings (SSSR count). The summed E-state index contributed by atoms with van der Waals surface area (Å²) in [5, 5.41) is 10.8. The van der Waals surface area contributed by atoms with Gasteiger partial charge in [-0.05, 0) is 17.7 Å². The van der Waals surface area contributed by atoms with Crippen molar-refractivity contribution in [1.82, 2.24) is 0 Å². The molecule has 0 spiro atoms. The molecule has 0 N–H and O–H groups in total. The van der Waals surface area contributed by atoms with E-state index >= 15 is 0 Å². The summed E-state index contributed by atoms with van der Waals surface area (Å²) in [7, 11) is 0. The van der Waals surface area contributed by atoms with E-state index in [0.717, 1.165) is 0 Å². The summed E-state index contributed by atoms with van der Waals surface area (Å²) in [5.74, 6) is -1.26. The Kier molecular flexibility index (Phi) is 6.02. The number of aromatic carboxylic acids is 1. The van der Waals surface area contributed by atoms with Gasteiger partial charge < -0.3 is 9.90 Å². The number of benzene rings is 1. The summed E-state index contributed by atoms with van der Waals surface area (Å²) < 4.78 is 0. The monoisotopic (exact) mass is 228 g/mol. The molecule has 0 aliphatic rings. The maximum Gasteiger partial charge on any atom is 1.00 e. The van der Waals surface area contributed by atoms with Crippen LogP contribution in [0.3, 0.4) is 0 Å². The SMILES string of the molecule is O=C([O-])c1ccc(Cl)c(Cl)c1.[K+]. The Balaban J connectivity index is 0.00000121. The Morgan fingerprint density at radius 2 is 1.83 bits per heavy atom. The molecule has 1 aromatic carbocycles. The fourth-order valence-electron chi connectivity index (χ4n) is 0.623. The van der Waals surface area contributed by atoms with Crippen LogP contribution in [0, 0.1) is 0 Å². The maximum atomic E-state index is 10.3. The van der Waals surface area contributed by atoms with E-state index in [2.05, 4.69) is 0 Å². The topological polar surface area (TPSA) is 40.1 Å². The molecule has 12 heavy (non-hydrogen) atoms. The second-order valence-corrected chi connectivity index (χ2v) is 2.73. The molecule has 0 saturated carbocycles. The molecule has 0 bridgehead atoms. The number of halogens is 2. The average Bonchev–Trinajstić information content (AvgIpc) is 1.94. The smallest absolute Gasteiger partial charge is 0.545 e. The Labute approximate surface area is 122 Å². The fourth-order valence-corrected chi connectivity index (χ4v) is 0.921. The van der Waals surface area contributed by atoms with Crippen molar-refractivity contribution in [2.45, 2.75) is 0 Å². The first kappa shape index (κ1) is 12.9. The van der Waals surface area contributed by atoms with Gasteiger partial charge in [0, 0.05) is 0 Å². The molecule has 0 fully saturated rings. The zero-order valence-corrected chi connectivity index (χ0v) is 10.9. The van der Waals surface area contributed by atoms with Crippen molar-refractivity contribution in [3.05, 3.63) is 33.8 Å². The van der Waals surface area contributed by atoms with E-state index in [9.17, 15) is 9.90 Å². The van der Waals surface area contributed by atoms with Gasteiger partial charge in [0.15, 0.2) is 0 Å². The van der Waals surface area contributed by atoms with E-state index in [4.69, 9.17) is 23.2 Å². The van der Waals surface area contributed by atoms with Crippen molar-refractivity contribution in [2.75, 3.05) is 0 Å². The Bertz CT molecular complexity index is 301. The van der Waals surface area contributed by atoms with Crippen molar-refractivity contribution < 1.29 is 61.3 Å². The van der Waals surface area contributed by atoms with Gasteiger partial charge in [0.05, 0.1) is 16.0 Å². The van der Waals surface area contributed by atoms with Crippen LogP contribution in [-0.2, 0) is 0 Å². The van der Waals surface area contributed by atoms with E-state index in [1.165, 1.54) is 18.2 Å². The zero-order chi connectivity index (χ0) is 8.43. The normalized spacial score (nSPS) is 8.83. The van der Waals surface area contributed by atoms with Gasteiger partial charge >= 0.3 is 51.4 Å². The molecule has 0 radical (unpaired) electrons. The average molecular weight is 229 g/mol. The number of carbonyl (C=O) groups excluding carboxylic acids is 1. The third-order valence-electron chi connectivity index (χ3n) is 1.16. The first-order valence-electron chi connectivity index (χ1n) is 2.77. The van der Waals surface area contributed by atoms with Crippen molar-refractivity contribution in [3.63, 3.8) is 0 Å². The van der Waals surface area contributed by atoms with Crippen LogP contribution in [0.15, 0.2) is 18.2 Å². The number of hydrogen-bond donors (Lipinski definition) is 0. The number of carboxylic acid groups (broad SMARTS) is 1. The first-order chi connectivity index (χ1) is 5.11. The minimum absolute atomic E-state index is 0. The molecular formula is C7H3Cl2KO2. The molecule has 0 aromatic heterocycles. The molecule has 0 amide bonds. The second kappa shape index (κ2) is 5.60. The van der Waals surface area contributed by atoms with Gasteiger partial charge in [-0.2, -0.15) is 0 Å². The van der Waals surface area contributed by atoms with Crippen LogP contribution in [0.4, 0.5) is 0 Å². The summed E-state index contributed by atoms with van der Waals surface area (Å²) in [5.41, 5.74) is 0.0272. The third kappa shape index (κ3) is 3.34. The van der Waals surface area contributed by atoms with Crippen LogP contribution in [0.2, 0.25) is 10.0 Å². The summed E-state index contributed by atoms with van der Waals surface area (Å²) >= 11 is 11.1. The van der Waals surface area contributed by atoms with Crippen molar-refractivity contribution in [1.29, 1.82) is 0 Å². The van der Waals surface area contributed by atoms with Crippen LogP contribution in [0.5, 0.6) is 0 Å². The summed E-state index contributed by atoms with van der Waals surface area (Å²) in [6, 6.07) is 4.00. The standard InChI is InChI=1S/C7H4Cl2O2.K/c8-5-2-1-4(7(10)11)3-6(5)9;/h1-3H,(H,10,11);/q;+1/p-1. The Morgan fingerprint density at radius 3 is 2.25 bits per heavy atom. The van der Waals surface area contributed by atoms with Crippen molar-refractivity contribution in [2.24, 2.45) is 0 Å². The maximum absolute atomic E-state index is 10.3. The largest absolute Gasteiger partial charge is 1.00 e. The zero-order valence-electron chi connectivity index (χ0n) is 6.30. The van der Waals surface area contributed by atoms with Crippen LogP contribution >= 0.6 is 23.2 Å². The van der Waals surface area contributed by atoms with Crippen LogP contribution in [0.1, 0.15) is 10.4 Å². The van der Waals surface area contributed by atoms with Gasteiger partial charge in [0.25, 0.3) is 0 Å². The van der Waals surface area contributed by atoms with Gasteiger partial charge in [-0.1, -0.05) is 29.3 Å². The molecule has 0 heterocycles. The van der Waals surface area contributed by atoms with Gasteiger partial charge in [-0.15, -0.1) is 0 Å². The van der Waals surface area contributed by atoms with Crippen LogP contribution in [0.25, 0.3) is 0 Å². The fraction of sp³-hybridized carbons (Fsp3) is 0. The predicted molar refractivity (Wildman–Crippen MR) is 40.8 cm³/mol. The quantitative estimate of drug-likeness (QED) is 0.542. The minimum atomic E-state index is -1.26. The number of rotatable bonds is 1. The number of carboxylic acids is 1. The molecule has 5 heteroatoms. The first-order valence-corrected chi connectivity index (χ1v) is 3.53. The van der Waals surface area contributed by atoms with E-state index in [1.54, 1.807) is 0 Å². The van der Waals surface area contributed by atoms with E-state index in [0.29, 0.717) is 5.02 Å². The molecule has 0 aliphatic carbocycles. The van der Waals surface area contributed by atoms with E-state index in [1.807, 2.05) is 0 Å². The van der Waals surface area contributed by atoms with Gasteiger partial charge in [-0.3, -0.25) is 0 Å². The summed E-state index contributed by atoms with van der Waals surface area (Å²) in [4.78, 5) is 10.3. The molecule has 0 saturated heterocycles. The third-order valence-corrected chi connectivity index (χ3v) is 1.89. The Morgan fingerprint density at radius 1 is 1.25 bits per heavy atom. The van der Waals surface area contributed by atoms with Crippen LogP contribution in [-0.4, -0.2) is 5.97 Å². The molecule has 58 valence electrons. The molecule has 0 unspecified atom stereocenters. The molecule has 0 atom stereocenters. The number of carbonyl (C=O) groups is 1. The summed E-state index contributed by atoms with van der Waals surface area (Å²) in [6.45, 7) is 0.